The largest absolute Gasteiger partial charge is 0.374 e. The van der Waals surface area contributed by atoms with Crippen molar-refractivity contribution >= 4 is 55.1 Å². The molecule has 1 fully saturated rings. The third-order valence-electron chi connectivity index (χ3n) is 2.72. The van der Waals surface area contributed by atoms with Crippen molar-refractivity contribution in [2.75, 3.05) is 18.4 Å². The number of amides is 1. The van der Waals surface area contributed by atoms with E-state index in [1.165, 1.54) is 12.8 Å². The highest BCUT2D eigenvalue weighted by atomic mass is 79.9. The molecule has 0 saturated heterocycles. The lowest BCUT2D eigenvalue weighted by atomic mass is 10.3. The standard InChI is InChI=1S/C12H13Br2ClN2O/c13-9-3-8(15)4-10(14)12(9)17-6-11(18)16-5-7-1-2-7/h3-4,7,17H,1-2,5-6H2,(H,16,18). The number of rotatable bonds is 5. The molecule has 0 radical (unpaired) electrons. The highest BCUT2D eigenvalue weighted by Gasteiger charge is 2.21. The first-order valence-electron chi connectivity index (χ1n) is 5.71. The first kappa shape index (κ1) is 14.2. The van der Waals surface area contributed by atoms with E-state index in [9.17, 15) is 4.79 Å². The van der Waals surface area contributed by atoms with Gasteiger partial charge in [0.1, 0.15) is 0 Å². The maximum atomic E-state index is 11.6. The fraction of sp³-hybridized carbons (Fsp3) is 0.417. The molecule has 0 atom stereocenters. The highest BCUT2D eigenvalue weighted by Crippen LogP contribution is 2.34. The van der Waals surface area contributed by atoms with Gasteiger partial charge in [-0.1, -0.05) is 11.6 Å². The van der Waals surface area contributed by atoms with Gasteiger partial charge in [-0.2, -0.15) is 0 Å². The molecule has 0 spiro atoms. The molecule has 2 rings (SSSR count). The molecule has 1 aromatic rings. The van der Waals surface area contributed by atoms with Gasteiger partial charge in [-0.25, -0.2) is 0 Å². The van der Waals surface area contributed by atoms with Crippen LogP contribution in [0.2, 0.25) is 5.02 Å². The van der Waals surface area contributed by atoms with E-state index in [0.717, 1.165) is 21.2 Å². The van der Waals surface area contributed by atoms with Crippen molar-refractivity contribution in [2.24, 2.45) is 5.92 Å². The smallest absolute Gasteiger partial charge is 0.239 e. The van der Waals surface area contributed by atoms with Gasteiger partial charge < -0.3 is 10.6 Å². The zero-order chi connectivity index (χ0) is 13.1. The van der Waals surface area contributed by atoms with Gasteiger partial charge in [0, 0.05) is 20.5 Å². The quantitative estimate of drug-likeness (QED) is 0.795. The monoisotopic (exact) mass is 394 g/mol. The summed E-state index contributed by atoms with van der Waals surface area (Å²) >= 11 is 12.7. The molecule has 0 heterocycles. The van der Waals surface area contributed by atoms with Crippen LogP contribution in [0.3, 0.4) is 0 Å². The van der Waals surface area contributed by atoms with E-state index in [0.29, 0.717) is 10.9 Å². The van der Waals surface area contributed by atoms with Crippen molar-refractivity contribution in [3.05, 3.63) is 26.1 Å². The van der Waals surface area contributed by atoms with Crippen molar-refractivity contribution in [3.63, 3.8) is 0 Å². The molecule has 1 aliphatic carbocycles. The molecule has 18 heavy (non-hydrogen) atoms. The molecule has 2 N–H and O–H groups in total. The van der Waals surface area contributed by atoms with Crippen LogP contribution in [0.25, 0.3) is 0 Å². The van der Waals surface area contributed by atoms with Crippen molar-refractivity contribution in [2.45, 2.75) is 12.8 Å². The maximum Gasteiger partial charge on any atom is 0.239 e. The van der Waals surface area contributed by atoms with Gasteiger partial charge in [0.05, 0.1) is 12.2 Å². The van der Waals surface area contributed by atoms with Crippen LogP contribution in [0.1, 0.15) is 12.8 Å². The first-order chi connectivity index (χ1) is 8.56. The van der Waals surface area contributed by atoms with Crippen LogP contribution in [0, 0.1) is 5.92 Å². The molecule has 0 aliphatic heterocycles. The van der Waals surface area contributed by atoms with Gasteiger partial charge in [0.15, 0.2) is 0 Å². The number of hydrogen-bond acceptors (Lipinski definition) is 2. The van der Waals surface area contributed by atoms with Gasteiger partial charge in [0.2, 0.25) is 5.91 Å². The Labute approximate surface area is 128 Å². The molecule has 98 valence electrons. The molecule has 1 aliphatic rings. The van der Waals surface area contributed by atoms with Crippen LogP contribution in [0.4, 0.5) is 5.69 Å². The second-order valence-corrected chi connectivity index (χ2v) is 6.49. The van der Waals surface area contributed by atoms with E-state index in [1.807, 2.05) is 0 Å². The molecule has 1 amide bonds. The normalized spacial score (nSPS) is 14.4. The number of nitrogens with one attached hydrogen (secondary N) is 2. The predicted molar refractivity (Wildman–Crippen MR) is 81.1 cm³/mol. The highest BCUT2D eigenvalue weighted by molar-refractivity contribution is 9.11. The fourth-order valence-corrected chi connectivity index (χ4v) is 3.47. The summed E-state index contributed by atoms with van der Waals surface area (Å²) in [4.78, 5) is 11.6. The van der Waals surface area contributed by atoms with Gasteiger partial charge in [-0.3, -0.25) is 4.79 Å². The van der Waals surface area contributed by atoms with E-state index in [2.05, 4.69) is 42.5 Å². The molecule has 0 aromatic heterocycles. The summed E-state index contributed by atoms with van der Waals surface area (Å²) in [6.07, 6.45) is 2.48. The first-order valence-corrected chi connectivity index (χ1v) is 7.68. The summed E-state index contributed by atoms with van der Waals surface area (Å²) < 4.78 is 1.66. The lowest BCUT2D eigenvalue weighted by Crippen LogP contribution is -2.31. The number of hydrogen-bond donors (Lipinski definition) is 2. The Morgan fingerprint density at radius 2 is 1.94 bits per heavy atom. The van der Waals surface area contributed by atoms with Crippen molar-refractivity contribution in [3.8, 4) is 0 Å². The Morgan fingerprint density at radius 1 is 1.33 bits per heavy atom. The molecule has 6 heteroatoms. The van der Waals surface area contributed by atoms with E-state index in [-0.39, 0.29) is 12.5 Å². The zero-order valence-corrected chi connectivity index (χ0v) is 13.5. The number of benzene rings is 1. The molecular formula is C12H13Br2ClN2O. The Morgan fingerprint density at radius 3 is 2.50 bits per heavy atom. The Hall–Kier alpha value is -0.260. The fourth-order valence-electron chi connectivity index (χ4n) is 1.52. The Kier molecular flexibility index (Phi) is 4.92. The summed E-state index contributed by atoms with van der Waals surface area (Å²) in [6.45, 7) is 1.05. The second-order valence-electron chi connectivity index (χ2n) is 4.35. The van der Waals surface area contributed by atoms with Crippen LogP contribution >= 0.6 is 43.5 Å². The minimum absolute atomic E-state index is 0.00986. The molecular weight excluding hydrogens is 383 g/mol. The van der Waals surface area contributed by atoms with Crippen molar-refractivity contribution in [1.82, 2.24) is 5.32 Å². The third kappa shape index (κ3) is 4.14. The van der Waals surface area contributed by atoms with Crippen LogP contribution in [-0.4, -0.2) is 19.0 Å². The van der Waals surface area contributed by atoms with E-state index < -0.39 is 0 Å². The van der Waals surface area contributed by atoms with E-state index in [1.54, 1.807) is 12.1 Å². The van der Waals surface area contributed by atoms with Gasteiger partial charge in [-0.15, -0.1) is 0 Å². The van der Waals surface area contributed by atoms with Crippen LogP contribution in [0.5, 0.6) is 0 Å². The minimum atomic E-state index is 0.00986. The van der Waals surface area contributed by atoms with Crippen LogP contribution < -0.4 is 10.6 Å². The summed E-state index contributed by atoms with van der Waals surface area (Å²) in [5.74, 6) is 0.707. The molecule has 1 saturated carbocycles. The minimum Gasteiger partial charge on any atom is -0.374 e. The van der Waals surface area contributed by atoms with E-state index >= 15 is 0 Å². The zero-order valence-electron chi connectivity index (χ0n) is 9.60. The molecule has 0 bridgehead atoms. The number of carbonyl (C=O) groups excluding carboxylic acids is 1. The van der Waals surface area contributed by atoms with Crippen molar-refractivity contribution in [1.29, 1.82) is 0 Å². The summed E-state index contributed by atoms with van der Waals surface area (Å²) in [5, 5.41) is 6.63. The maximum absolute atomic E-state index is 11.6. The molecule has 1 aromatic carbocycles. The average Bonchev–Trinajstić information content (AvgIpc) is 3.08. The van der Waals surface area contributed by atoms with Crippen molar-refractivity contribution < 1.29 is 4.79 Å². The number of carbonyl (C=O) groups is 1. The SMILES string of the molecule is O=C(CNc1c(Br)cc(Cl)cc1Br)NCC1CC1. The third-order valence-corrected chi connectivity index (χ3v) is 4.19. The lowest BCUT2D eigenvalue weighted by Gasteiger charge is -2.11. The van der Waals surface area contributed by atoms with Gasteiger partial charge in [-0.05, 0) is 62.8 Å². The van der Waals surface area contributed by atoms with Gasteiger partial charge >= 0.3 is 0 Å². The molecule has 3 nitrogen and oxygen atoms in total. The summed E-state index contributed by atoms with van der Waals surface area (Å²) in [7, 11) is 0. The summed E-state index contributed by atoms with van der Waals surface area (Å²) in [5.41, 5.74) is 0.834. The number of halogens is 3. The Bertz CT molecular complexity index is 440. The second kappa shape index (κ2) is 6.26. The predicted octanol–water partition coefficient (Wildman–Crippen LogP) is 3.80. The van der Waals surface area contributed by atoms with Crippen LogP contribution in [0.15, 0.2) is 21.1 Å². The topological polar surface area (TPSA) is 41.1 Å². The van der Waals surface area contributed by atoms with E-state index in [4.69, 9.17) is 11.6 Å². The number of anilines is 1. The summed E-state index contributed by atoms with van der Waals surface area (Å²) in [6, 6.07) is 3.58. The average molecular weight is 397 g/mol. The van der Waals surface area contributed by atoms with Crippen LogP contribution in [-0.2, 0) is 4.79 Å². The molecule has 0 unspecified atom stereocenters. The Balaban J connectivity index is 1.86. The lowest BCUT2D eigenvalue weighted by molar-refractivity contribution is -0.119. The van der Waals surface area contributed by atoms with Gasteiger partial charge in [0.25, 0.3) is 0 Å².